The second-order valence-corrected chi connectivity index (χ2v) is 8.56. The Labute approximate surface area is 187 Å². The molecular formula is C25H27N5O2. The van der Waals surface area contributed by atoms with Crippen molar-refractivity contribution in [2.45, 2.75) is 44.8 Å². The number of rotatable bonds is 6. The Kier molecular flexibility index (Phi) is 5.57. The van der Waals surface area contributed by atoms with E-state index in [1.54, 1.807) is 11.7 Å². The largest absolute Gasteiger partial charge is 0.482 e. The van der Waals surface area contributed by atoms with Crippen molar-refractivity contribution in [3.63, 3.8) is 0 Å². The first-order valence-electron chi connectivity index (χ1n) is 11.2. The van der Waals surface area contributed by atoms with E-state index in [2.05, 4.69) is 57.1 Å². The van der Waals surface area contributed by atoms with Crippen LogP contribution in [0.5, 0.6) is 5.75 Å². The molecule has 2 aliphatic rings. The average Bonchev–Trinajstić information content (AvgIpc) is 3.28. The molecule has 164 valence electrons. The Morgan fingerprint density at radius 3 is 2.62 bits per heavy atom. The summed E-state index contributed by atoms with van der Waals surface area (Å²) in [6.07, 6.45) is 5.48. The maximum Gasteiger partial charge on any atom is 0.204 e. The standard InChI is InChI=1S/C25H27N5O2/c1-18(31)5-4-16-30-28-24(27-29-30)20-10-8-19(9-11-20)22-17-25(12-14-26-15-13-25)32-23-7-3-2-6-21(22)23/h2-3,6-11,17,26H,4-5,12-16H2,1H3. The van der Waals surface area contributed by atoms with Crippen LogP contribution in [0, 0.1) is 0 Å². The molecule has 1 fully saturated rings. The molecule has 0 atom stereocenters. The van der Waals surface area contributed by atoms with Crippen LogP contribution in [0.4, 0.5) is 0 Å². The third kappa shape index (κ3) is 4.21. The Bertz CT molecular complexity index is 1140. The van der Waals surface area contributed by atoms with Gasteiger partial charge in [-0.3, -0.25) is 0 Å². The summed E-state index contributed by atoms with van der Waals surface area (Å²) < 4.78 is 6.49. The quantitative estimate of drug-likeness (QED) is 0.644. The van der Waals surface area contributed by atoms with E-state index >= 15 is 0 Å². The molecule has 1 N–H and O–H groups in total. The van der Waals surface area contributed by atoms with Crippen LogP contribution < -0.4 is 10.1 Å². The summed E-state index contributed by atoms with van der Waals surface area (Å²) in [7, 11) is 0. The Morgan fingerprint density at radius 2 is 1.84 bits per heavy atom. The van der Waals surface area contributed by atoms with E-state index in [-0.39, 0.29) is 11.4 Å². The summed E-state index contributed by atoms with van der Waals surface area (Å²) in [4.78, 5) is 12.7. The lowest BCUT2D eigenvalue weighted by molar-refractivity contribution is -0.117. The summed E-state index contributed by atoms with van der Waals surface area (Å²) in [5, 5.41) is 16.2. The number of ketones is 1. The molecule has 2 aliphatic heterocycles. The van der Waals surface area contributed by atoms with Crippen LogP contribution in [0.3, 0.4) is 0 Å². The highest BCUT2D eigenvalue weighted by Crippen LogP contribution is 2.42. The maximum absolute atomic E-state index is 11.1. The summed E-state index contributed by atoms with van der Waals surface area (Å²) >= 11 is 0. The molecule has 0 radical (unpaired) electrons. The van der Waals surface area contributed by atoms with Crippen molar-refractivity contribution >= 4 is 11.4 Å². The number of carbonyl (C=O) groups is 1. The molecule has 1 spiro atoms. The Morgan fingerprint density at radius 1 is 1.09 bits per heavy atom. The van der Waals surface area contributed by atoms with Crippen molar-refractivity contribution in [3.05, 3.63) is 65.7 Å². The van der Waals surface area contributed by atoms with E-state index in [0.29, 0.717) is 18.8 Å². The van der Waals surface area contributed by atoms with Crippen LogP contribution in [0.2, 0.25) is 0 Å². The number of carbonyl (C=O) groups excluding carboxylic acids is 1. The van der Waals surface area contributed by atoms with Gasteiger partial charge in [-0.15, -0.1) is 10.2 Å². The summed E-state index contributed by atoms with van der Waals surface area (Å²) in [6, 6.07) is 16.6. The third-order valence-corrected chi connectivity index (χ3v) is 6.14. The van der Waals surface area contributed by atoms with Gasteiger partial charge < -0.3 is 14.8 Å². The molecule has 5 rings (SSSR count). The van der Waals surface area contributed by atoms with Crippen molar-refractivity contribution in [3.8, 4) is 17.1 Å². The van der Waals surface area contributed by atoms with E-state index < -0.39 is 0 Å². The first-order chi connectivity index (χ1) is 15.6. The first-order valence-corrected chi connectivity index (χ1v) is 11.2. The van der Waals surface area contributed by atoms with Crippen molar-refractivity contribution in [2.24, 2.45) is 0 Å². The van der Waals surface area contributed by atoms with Crippen LogP contribution in [-0.4, -0.2) is 44.7 Å². The van der Waals surface area contributed by atoms with Gasteiger partial charge in [-0.05, 0) is 54.9 Å². The zero-order valence-corrected chi connectivity index (χ0v) is 18.3. The number of hydrogen-bond acceptors (Lipinski definition) is 6. The first kappa shape index (κ1) is 20.6. The molecule has 7 heteroatoms. The van der Waals surface area contributed by atoms with Crippen LogP contribution in [0.1, 0.15) is 43.7 Å². The minimum Gasteiger partial charge on any atom is -0.482 e. The number of piperidine rings is 1. The van der Waals surface area contributed by atoms with Gasteiger partial charge in [0.25, 0.3) is 0 Å². The maximum atomic E-state index is 11.1. The van der Waals surface area contributed by atoms with Gasteiger partial charge in [-0.25, -0.2) is 0 Å². The number of hydrogen-bond donors (Lipinski definition) is 1. The predicted octanol–water partition coefficient (Wildman–Crippen LogP) is 3.66. The summed E-state index contributed by atoms with van der Waals surface area (Å²) in [5.41, 5.74) is 4.15. The number of benzene rings is 2. The lowest BCUT2D eigenvalue weighted by atomic mass is 9.83. The number of aryl methyl sites for hydroxylation is 1. The van der Waals surface area contributed by atoms with Crippen molar-refractivity contribution < 1.29 is 9.53 Å². The molecule has 0 aliphatic carbocycles. The van der Waals surface area contributed by atoms with Crippen molar-refractivity contribution in [1.82, 2.24) is 25.5 Å². The number of aromatic nitrogens is 4. The van der Waals surface area contributed by atoms with Crippen LogP contribution in [0.25, 0.3) is 17.0 Å². The predicted molar refractivity (Wildman–Crippen MR) is 122 cm³/mol. The molecule has 32 heavy (non-hydrogen) atoms. The van der Waals surface area contributed by atoms with Gasteiger partial charge in [0.05, 0.1) is 6.54 Å². The van der Waals surface area contributed by atoms with Gasteiger partial charge in [0, 0.05) is 30.4 Å². The number of tetrazole rings is 1. The molecule has 0 saturated carbocycles. The van der Waals surface area contributed by atoms with Gasteiger partial charge in [0.1, 0.15) is 17.1 Å². The van der Waals surface area contributed by atoms with E-state index in [0.717, 1.165) is 54.8 Å². The molecule has 0 bridgehead atoms. The number of nitrogens with zero attached hydrogens (tertiary/aromatic N) is 4. The second-order valence-electron chi connectivity index (χ2n) is 8.56. The second kappa shape index (κ2) is 8.67. The normalized spacial score (nSPS) is 16.8. The average molecular weight is 430 g/mol. The van der Waals surface area contributed by atoms with Crippen LogP contribution >= 0.6 is 0 Å². The fourth-order valence-corrected chi connectivity index (χ4v) is 4.42. The Hall–Kier alpha value is -3.32. The van der Waals surface area contributed by atoms with E-state index in [9.17, 15) is 4.79 Å². The molecular weight excluding hydrogens is 402 g/mol. The highest BCUT2D eigenvalue weighted by atomic mass is 16.5. The molecule has 2 aromatic carbocycles. The highest BCUT2D eigenvalue weighted by molar-refractivity contribution is 5.85. The Balaban J connectivity index is 1.40. The number of ether oxygens (including phenoxy) is 1. The molecule has 3 aromatic rings. The zero-order chi connectivity index (χ0) is 22.0. The third-order valence-electron chi connectivity index (χ3n) is 6.14. The smallest absolute Gasteiger partial charge is 0.204 e. The number of nitrogens with one attached hydrogen (secondary N) is 1. The van der Waals surface area contributed by atoms with Crippen molar-refractivity contribution in [2.75, 3.05) is 13.1 Å². The molecule has 1 saturated heterocycles. The minimum atomic E-state index is -0.252. The SMILES string of the molecule is CC(=O)CCCn1nnc(-c2ccc(C3=CC4(CCNCC4)Oc4ccccc43)cc2)n1. The summed E-state index contributed by atoms with van der Waals surface area (Å²) in [6.45, 7) is 4.10. The van der Waals surface area contributed by atoms with Crippen LogP contribution in [-0.2, 0) is 11.3 Å². The summed E-state index contributed by atoms with van der Waals surface area (Å²) in [5.74, 6) is 1.72. The van der Waals surface area contributed by atoms with Crippen LogP contribution in [0.15, 0.2) is 54.6 Å². The highest BCUT2D eigenvalue weighted by Gasteiger charge is 2.36. The monoisotopic (exact) mass is 429 g/mol. The minimum absolute atomic E-state index is 0.177. The van der Waals surface area contributed by atoms with Gasteiger partial charge in [0.15, 0.2) is 0 Å². The molecule has 7 nitrogen and oxygen atoms in total. The number of fused-ring (bicyclic) bond motifs is 1. The van der Waals surface area contributed by atoms with Crippen molar-refractivity contribution in [1.29, 1.82) is 0 Å². The fourth-order valence-electron chi connectivity index (χ4n) is 4.42. The topological polar surface area (TPSA) is 81.9 Å². The van der Waals surface area contributed by atoms with E-state index in [1.165, 1.54) is 5.57 Å². The molecule has 0 unspecified atom stereocenters. The molecule has 0 amide bonds. The van der Waals surface area contributed by atoms with Gasteiger partial charge in [-0.2, -0.15) is 4.80 Å². The van der Waals surface area contributed by atoms with Gasteiger partial charge in [-0.1, -0.05) is 42.5 Å². The molecule has 3 heterocycles. The lowest BCUT2D eigenvalue weighted by Gasteiger charge is -2.40. The molecule has 1 aromatic heterocycles. The number of Topliss-reactive ketones (excluding diaryl/α,β-unsaturated/α-hetero) is 1. The lowest BCUT2D eigenvalue weighted by Crippen LogP contribution is -2.46. The fraction of sp³-hybridized carbons (Fsp3) is 0.360. The van der Waals surface area contributed by atoms with E-state index in [1.807, 2.05) is 18.2 Å². The number of para-hydroxylation sites is 1. The van der Waals surface area contributed by atoms with Gasteiger partial charge >= 0.3 is 0 Å². The van der Waals surface area contributed by atoms with Gasteiger partial charge in [0.2, 0.25) is 5.82 Å². The van der Waals surface area contributed by atoms with E-state index in [4.69, 9.17) is 4.74 Å². The zero-order valence-electron chi connectivity index (χ0n) is 18.3.